The predicted molar refractivity (Wildman–Crippen MR) is 133 cm³/mol. The normalized spacial score (nSPS) is 12.6. The van der Waals surface area contributed by atoms with E-state index in [0.717, 1.165) is 12.5 Å². The highest BCUT2D eigenvalue weighted by molar-refractivity contribution is 5.80. The molecule has 0 aliphatic rings. The van der Waals surface area contributed by atoms with Crippen LogP contribution in [0, 0.1) is 0 Å². The van der Waals surface area contributed by atoms with E-state index >= 15 is 0 Å². The summed E-state index contributed by atoms with van der Waals surface area (Å²) in [5, 5.41) is 8.44. The van der Waals surface area contributed by atoms with Crippen LogP contribution < -0.4 is 0 Å². The van der Waals surface area contributed by atoms with E-state index in [1.807, 2.05) is 30.4 Å². The summed E-state index contributed by atoms with van der Waals surface area (Å²) in [5.41, 5.74) is 0. The molecule has 0 aromatic carbocycles. The van der Waals surface area contributed by atoms with Gasteiger partial charge in [0.1, 0.15) is 0 Å². The fourth-order valence-corrected chi connectivity index (χ4v) is 3.33. The van der Waals surface area contributed by atoms with Crippen molar-refractivity contribution in [2.24, 2.45) is 0 Å². The maximum absolute atomic E-state index is 10.3. The molecule has 0 aromatic rings. The van der Waals surface area contributed by atoms with E-state index in [1.54, 1.807) is 6.08 Å². The minimum absolute atomic E-state index is 0.928. The van der Waals surface area contributed by atoms with Crippen molar-refractivity contribution in [1.29, 1.82) is 0 Å². The highest BCUT2D eigenvalue weighted by Crippen LogP contribution is 2.13. The van der Waals surface area contributed by atoms with E-state index in [2.05, 4.69) is 19.1 Å². The second-order valence-electron chi connectivity index (χ2n) is 8.02. The fraction of sp³-hybridized carbons (Fsp3) is 0.607. The Balaban J connectivity index is 3.31. The number of carboxylic acid groups (broad SMARTS) is 1. The number of aliphatic carboxylic acids is 1. The molecule has 2 nitrogen and oxygen atoms in total. The van der Waals surface area contributed by atoms with E-state index in [1.165, 1.54) is 102 Å². The van der Waals surface area contributed by atoms with Crippen LogP contribution in [0.2, 0.25) is 0 Å². The van der Waals surface area contributed by atoms with Gasteiger partial charge in [0.05, 0.1) is 0 Å². The number of hydrogen-bond acceptors (Lipinski definition) is 1. The van der Waals surface area contributed by atoms with Gasteiger partial charge in [0.15, 0.2) is 0 Å². The zero-order valence-corrected chi connectivity index (χ0v) is 19.4. The lowest BCUT2D eigenvalue weighted by Crippen LogP contribution is -1.84. The molecule has 0 rings (SSSR count). The van der Waals surface area contributed by atoms with Gasteiger partial charge in [0, 0.05) is 6.08 Å². The maximum Gasteiger partial charge on any atom is 0.328 e. The van der Waals surface area contributed by atoms with Gasteiger partial charge in [-0.15, -0.1) is 0 Å². The topological polar surface area (TPSA) is 37.3 Å². The molecule has 0 spiro atoms. The molecule has 0 aliphatic heterocycles. The summed E-state index contributed by atoms with van der Waals surface area (Å²) >= 11 is 0. The van der Waals surface area contributed by atoms with E-state index in [-0.39, 0.29) is 0 Å². The molecule has 0 fully saturated rings. The molecule has 30 heavy (non-hydrogen) atoms. The lowest BCUT2D eigenvalue weighted by Gasteiger charge is -2.03. The molecule has 0 aliphatic carbocycles. The summed E-state index contributed by atoms with van der Waals surface area (Å²) < 4.78 is 0. The molecule has 0 saturated carbocycles. The van der Waals surface area contributed by atoms with Crippen molar-refractivity contribution in [3.05, 3.63) is 60.8 Å². The van der Waals surface area contributed by atoms with Gasteiger partial charge in [-0.1, -0.05) is 151 Å². The van der Waals surface area contributed by atoms with E-state index in [4.69, 9.17) is 5.11 Å². The van der Waals surface area contributed by atoms with E-state index in [0.29, 0.717) is 0 Å². The minimum Gasteiger partial charge on any atom is -0.478 e. The van der Waals surface area contributed by atoms with Crippen molar-refractivity contribution in [3.63, 3.8) is 0 Å². The maximum atomic E-state index is 10.3. The summed E-state index contributed by atoms with van der Waals surface area (Å²) in [6.07, 6.45) is 40.6. The molecule has 0 aromatic heterocycles. The standard InChI is InChI=1S/C28H46O2/c1-2-3-4-5-6-7-8-9-10-11-12-13-14-15-16-17-18-19-20-21-22-23-24-25-26-27-28(29)30/h18-27H,2-17H2,1H3,(H,29,30)/b19-18+,21-20+,23-22+,25-24+,27-26+. The third-order valence-electron chi connectivity index (χ3n) is 5.13. The molecular formula is C28H46O2. The van der Waals surface area contributed by atoms with E-state index < -0.39 is 5.97 Å². The molecular weight excluding hydrogens is 368 g/mol. The van der Waals surface area contributed by atoms with Crippen molar-refractivity contribution < 1.29 is 9.90 Å². The molecule has 0 radical (unpaired) electrons. The Morgan fingerprint density at radius 3 is 1.33 bits per heavy atom. The van der Waals surface area contributed by atoms with Crippen LogP contribution in [-0.4, -0.2) is 11.1 Å². The monoisotopic (exact) mass is 414 g/mol. The summed E-state index contributed by atoms with van der Waals surface area (Å²) in [7, 11) is 0. The number of hydrogen-bond donors (Lipinski definition) is 1. The van der Waals surface area contributed by atoms with Crippen molar-refractivity contribution in [2.75, 3.05) is 0 Å². The Morgan fingerprint density at radius 2 is 0.900 bits per heavy atom. The first-order chi connectivity index (χ1) is 14.8. The second kappa shape index (κ2) is 25.2. The average molecular weight is 415 g/mol. The summed E-state index contributed by atoms with van der Waals surface area (Å²) in [5.74, 6) is -0.928. The lowest BCUT2D eigenvalue weighted by atomic mass is 10.0. The van der Waals surface area contributed by atoms with Crippen LogP contribution in [0.3, 0.4) is 0 Å². The molecule has 1 N–H and O–H groups in total. The van der Waals surface area contributed by atoms with Gasteiger partial charge in [-0.3, -0.25) is 0 Å². The molecule has 0 saturated heterocycles. The lowest BCUT2D eigenvalue weighted by molar-refractivity contribution is -0.131. The molecule has 0 heterocycles. The van der Waals surface area contributed by atoms with Crippen LogP contribution in [0.15, 0.2) is 60.8 Å². The second-order valence-corrected chi connectivity index (χ2v) is 8.02. The first kappa shape index (κ1) is 28.2. The highest BCUT2D eigenvalue weighted by atomic mass is 16.4. The van der Waals surface area contributed by atoms with Gasteiger partial charge in [0.2, 0.25) is 0 Å². The Kier molecular flexibility index (Phi) is 23.7. The molecule has 0 atom stereocenters. The molecule has 0 unspecified atom stereocenters. The van der Waals surface area contributed by atoms with Crippen LogP contribution in [0.25, 0.3) is 0 Å². The predicted octanol–water partition coefficient (Wildman–Crippen LogP) is 9.11. The molecule has 0 bridgehead atoms. The number of unbranched alkanes of at least 4 members (excludes halogenated alkanes) is 15. The summed E-state index contributed by atoms with van der Waals surface area (Å²) in [6.45, 7) is 2.28. The smallest absolute Gasteiger partial charge is 0.328 e. The fourth-order valence-electron chi connectivity index (χ4n) is 3.33. The van der Waals surface area contributed by atoms with Crippen LogP contribution in [-0.2, 0) is 4.79 Å². The van der Waals surface area contributed by atoms with Crippen LogP contribution in [0.5, 0.6) is 0 Å². The third kappa shape index (κ3) is 26.2. The summed E-state index contributed by atoms with van der Waals surface area (Å²) in [4.78, 5) is 10.3. The van der Waals surface area contributed by atoms with Crippen molar-refractivity contribution in [2.45, 2.75) is 110 Å². The van der Waals surface area contributed by atoms with Gasteiger partial charge in [-0.05, 0) is 12.8 Å². The van der Waals surface area contributed by atoms with Crippen molar-refractivity contribution >= 4 is 5.97 Å². The van der Waals surface area contributed by atoms with Gasteiger partial charge in [-0.25, -0.2) is 4.79 Å². The molecule has 0 amide bonds. The summed E-state index contributed by atoms with van der Waals surface area (Å²) in [6, 6.07) is 0. The SMILES string of the molecule is CCCCCCCCCCCCCCCCC/C=C/C=C/C=C/C=C/C=C/C(=O)O. The first-order valence-corrected chi connectivity index (χ1v) is 12.3. The molecule has 170 valence electrons. The Labute approximate surface area is 186 Å². The number of allylic oxidation sites excluding steroid dienone is 9. The van der Waals surface area contributed by atoms with Crippen molar-refractivity contribution in [1.82, 2.24) is 0 Å². The largest absolute Gasteiger partial charge is 0.478 e. The molecule has 2 heteroatoms. The zero-order valence-electron chi connectivity index (χ0n) is 19.4. The van der Waals surface area contributed by atoms with Gasteiger partial charge in [-0.2, -0.15) is 0 Å². The quantitative estimate of drug-likeness (QED) is 0.115. The number of carbonyl (C=O) groups is 1. The van der Waals surface area contributed by atoms with Crippen LogP contribution >= 0.6 is 0 Å². The minimum atomic E-state index is -0.928. The van der Waals surface area contributed by atoms with Gasteiger partial charge >= 0.3 is 5.97 Å². The van der Waals surface area contributed by atoms with Gasteiger partial charge in [0.25, 0.3) is 0 Å². The van der Waals surface area contributed by atoms with Crippen LogP contribution in [0.1, 0.15) is 110 Å². The van der Waals surface area contributed by atoms with Crippen molar-refractivity contribution in [3.8, 4) is 0 Å². The Morgan fingerprint density at radius 1 is 0.533 bits per heavy atom. The van der Waals surface area contributed by atoms with E-state index in [9.17, 15) is 4.79 Å². The zero-order chi connectivity index (χ0) is 22.0. The highest BCUT2D eigenvalue weighted by Gasteiger charge is 1.94. The van der Waals surface area contributed by atoms with Crippen LogP contribution in [0.4, 0.5) is 0 Å². The number of rotatable bonds is 21. The average Bonchev–Trinajstić information content (AvgIpc) is 2.73. The van der Waals surface area contributed by atoms with Gasteiger partial charge < -0.3 is 5.11 Å². The third-order valence-corrected chi connectivity index (χ3v) is 5.13. The first-order valence-electron chi connectivity index (χ1n) is 12.3. The number of carboxylic acids is 1. The Bertz CT molecular complexity index is 509. The Hall–Kier alpha value is -1.83.